The number of amides is 1. The highest BCUT2D eigenvalue weighted by Crippen LogP contribution is 2.40. The van der Waals surface area contributed by atoms with E-state index in [4.69, 9.17) is 4.37 Å². The van der Waals surface area contributed by atoms with Crippen LogP contribution in [0.2, 0.25) is 0 Å². The third-order valence-electron chi connectivity index (χ3n) is 7.23. The lowest BCUT2D eigenvalue weighted by Crippen LogP contribution is -2.46. The van der Waals surface area contributed by atoms with Gasteiger partial charge in [-0.05, 0) is 66.2 Å². The predicted molar refractivity (Wildman–Crippen MR) is 139 cm³/mol. The number of hydrogen-bond donors (Lipinski definition) is 1. The summed E-state index contributed by atoms with van der Waals surface area (Å²) in [6.45, 7) is 12.0. The maximum absolute atomic E-state index is 12.2. The lowest BCUT2D eigenvalue weighted by molar-refractivity contribution is -0.117. The molecule has 174 valence electrons. The molecule has 5 nitrogen and oxygen atoms in total. The maximum atomic E-state index is 12.2. The van der Waals surface area contributed by atoms with Gasteiger partial charge in [0.15, 0.2) is 0 Å². The first kappa shape index (κ1) is 22.4. The van der Waals surface area contributed by atoms with Crippen molar-refractivity contribution in [2.45, 2.75) is 51.9 Å². The predicted octanol–water partition coefficient (Wildman–Crippen LogP) is 5.23. The number of fused-ring (bicyclic) bond motifs is 2. The second-order valence-electron chi connectivity index (χ2n) is 10.1. The van der Waals surface area contributed by atoms with Crippen LogP contribution in [0.4, 0.5) is 11.5 Å². The molecule has 1 saturated heterocycles. The van der Waals surface area contributed by atoms with E-state index in [2.05, 4.69) is 72.3 Å². The Bertz CT molecular complexity index is 1160. The summed E-state index contributed by atoms with van der Waals surface area (Å²) in [7, 11) is 0. The minimum absolute atomic E-state index is 0.103. The van der Waals surface area contributed by atoms with Gasteiger partial charge in [-0.3, -0.25) is 9.69 Å². The summed E-state index contributed by atoms with van der Waals surface area (Å²) in [5, 5.41) is 4.43. The zero-order valence-electron chi connectivity index (χ0n) is 20.0. The van der Waals surface area contributed by atoms with Crippen molar-refractivity contribution in [1.29, 1.82) is 0 Å². The van der Waals surface area contributed by atoms with Crippen LogP contribution in [0.5, 0.6) is 0 Å². The highest BCUT2D eigenvalue weighted by atomic mass is 32.1. The van der Waals surface area contributed by atoms with Gasteiger partial charge in [-0.2, -0.15) is 4.37 Å². The molecule has 1 N–H and O–H groups in total. The van der Waals surface area contributed by atoms with Gasteiger partial charge < -0.3 is 10.2 Å². The van der Waals surface area contributed by atoms with E-state index >= 15 is 0 Å². The van der Waals surface area contributed by atoms with Crippen molar-refractivity contribution in [2.24, 2.45) is 0 Å². The first-order valence-electron chi connectivity index (χ1n) is 12.2. The Balaban J connectivity index is 1.19. The second kappa shape index (κ2) is 9.07. The van der Waals surface area contributed by atoms with E-state index in [0.29, 0.717) is 6.42 Å². The number of nitrogens with one attached hydrogen (secondary N) is 1. The van der Waals surface area contributed by atoms with Gasteiger partial charge in [-0.15, -0.1) is 0 Å². The average Bonchev–Trinajstić information content (AvgIpc) is 3.23. The number of aromatic nitrogens is 1. The number of piperazine rings is 1. The molecule has 2 aliphatic heterocycles. The summed E-state index contributed by atoms with van der Waals surface area (Å²) in [6, 6.07) is 13.2. The molecule has 1 fully saturated rings. The molecular weight excluding hydrogens is 428 g/mol. The van der Waals surface area contributed by atoms with Crippen LogP contribution < -0.4 is 10.2 Å². The molecule has 2 aliphatic rings. The van der Waals surface area contributed by atoms with Crippen LogP contribution in [-0.2, 0) is 23.1 Å². The monoisotopic (exact) mass is 462 g/mol. The van der Waals surface area contributed by atoms with Crippen molar-refractivity contribution in [2.75, 3.05) is 42.9 Å². The molecule has 0 unspecified atom stereocenters. The zero-order chi connectivity index (χ0) is 23.0. The van der Waals surface area contributed by atoms with E-state index in [1.165, 1.54) is 26.8 Å². The molecule has 3 heterocycles. The van der Waals surface area contributed by atoms with Crippen LogP contribution in [0.25, 0.3) is 10.1 Å². The summed E-state index contributed by atoms with van der Waals surface area (Å²) < 4.78 is 6.01. The Kier molecular flexibility index (Phi) is 6.14. The summed E-state index contributed by atoms with van der Waals surface area (Å²) in [4.78, 5) is 17.2. The number of carbonyl (C=O) groups is 1. The summed E-state index contributed by atoms with van der Waals surface area (Å²) in [5.74, 6) is 1.30. The third kappa shape index (κ3) is 4.51. The van der Waals surface area contributed by atoms with Crippen molar-refractivity contribution in [1.82, 2.24) is 9.27 Å². The van der Waals surface area contributed by atoms with E-state index < -0.39 is 0 Å². The lowest BCUT2D eigenvalue weighted by atomic mass is 9.76. The van der Waals surface area contributed by atoms with Gasteiger partial charge >= 0.3 is 0 Å². The fourth-order valence-corrected chi connectivity index (χ4v) is 6.14. The minimum atomic E-state index is -0.103. The van der Waals surface area contributed by atoms with Crippen molar-refractivity contribution in [3.63, 3.8) is 0 Å². The van der Waals surface area contributed by atoms with Crippen LogP contribution in [-0.4, -0.2) is 47.9 Å². The highest BCUT2D eigenvalue weighted by Gasteiger charge is 2.33. The topological polar surface area (TPSA) is 48.5 Å². The molecule has 3 aromatic rings. The van der Waals surface area contributed by atoms with Crippen LogP contribution in [0.3, 0.4) is 0 Å². The molecule has 0 saturated carbocycles. The number of aryl methyl sites for hydroxylation is 2. The van der Waals surface area contributed by atoms with Gasteiger partial charge in [-0.25, -0.2) is 0 Å². The molecule has 5 rings (SSSR count). The van der Waals surface area contributed by atoms with E-state index in [9.17, 15) is 4.79 Å². The van der Waals surface area contributed by atoms with Crippen LogP contribution in [0, 0.1) is 0 Å². The smallest absolute Gasteiger partial charge is 0.225 e. The first-order valence-corrected chi connectivity index (χ1v) is 13.0. The van der Waals surface area contributed by atoms with Crippen LogP contribution >= 0.6 is 11.5 Å². The van der Waals surface area contributed by atoms with Gasteiger partial charge in [0.1, 0.15) is 5.82 Å². The van der Waals surface area contributed by atoms with Gasteiger partial charge in [0.05, 0.1) is 4.70 Å². The molecule has 1 amide bonds. The zero-order valence-corrected chi connectivity index (χ0v) is 20.8. The van der Waals surface area contributed by atoms with Crippen LogP contribution in [0.15, 0.2) is 36.4 Å². The second-order valence-corrected chi connectivity index (χ2v) is 10.9. The molecule has 0 bridgehead atoms. The largest absolute Gasteiger partial charge is 0.353 e. The van der Waals surface area contributed by atoms with Crippen LogP contribution in [0.1, 0.15) is 50.3 Å². The maximum Gasteiger partial charge on any atom is 0.225 e. The Labute approximate surface area is 200 Å². The fraction of sp³-hybridized carbons (Fsp3) is 0.481. The van der Waals surface area contributed by atoms with E-state index in [1.54, 1.807) is 11.5 Å². The molecule has 2 aromatic carbocycles. The Hall–Kier alpha value is -2.44. The number of benzene rings is 2. The molecule has 33 heavy (non-hydrogen) atoms. The number of hydrogen-bond acceptors (Lipinski definition) is 5. The number of carbonyl (C=O) groups excluding carboxylic acids is 1. The molecule has 0 atom stereocenters. The van der Waals surface area contributed by atoms with Gasteiger partial charge in [-0.1, -0.05) is 45.0 Å². The highest BCUT2D eigenvalue weighted by molar-refractivity contribution is 7.13. The quantitative estimate of drug-likeness (QED) is 0.545. The summed E-state index contributed by atoms with van der Waals surface area (Å²) >= 11 is 1.60. The number of anilines is 2. The Morgan fingerprint density at radius 1 is 1.12 bits per heavy atom. The summed E-state index contributed by atoms with van der Waals surface area (Å²) in [6.07, 6.45) is 3.75. The van der Waals surface area contributed by atoms with Gasteiger partial charge in [0.25, 0.3) is 0 Å². The van der Waals surface area contributed by atoms with Crippen molar-refractivity contribution < 1.29 is 4.79 Å². The standard InChI is InChI=1S/C27H34N4OS/c1-4-20-16-19(17-22-25(20)28-24(32)18-27(22,2)3)8-7-11-30-12-14-31(15-13-30)26-21-9-5-6-10-23(21)33-29-26/h5-6,9-10,16-17H,4,7-8,11-15,18H2,1-3H3,(H,28,32). The molecule has 0 aliphatic carbocycles. The Morgan fingerprint density at radius 3 is 2.70 bits per heavy atom. The minimum Gasteiger partial charge on any atom is -0.353 e. The van der Waals surface area contributed by atoms with Gasteiger partial charge in [0.2, 0.25) is 5.91 Å². The van der Waals surface area contributed by atoms with E-state index in [-0.39, 0.29) is 11.3 Å². The first-order chi connectivity index (χ1) is 15.9. The average molecular weight is 463 g/mol. The molecular formula is C27H34N4OS. The van der Waals surface area contributed by atoms with Crippen molar-refractivity contribution >= 4 is 39.0 Å². The van der Waals surface area contributed by atoms with Crippen molar-refractivity contribution in [3.05, 3.63) is 53.1 Å². The Morgan fingerprint density at radius 2 is 1.91 bits per heavy atom. The third-order valence-corrected chi connectivity index (χ3v) is 8.04. The molecule has 0 radical (unpaired) electrons. The normalized spacial score (nSPS) is 18.4. The lowest BCUT2D eigenvalue weighted by Gasteiger charge is -2.35. The molecule has 1 aromatic heterocycles. The molecule has 0 spiro atoms. The van der Waals surface area contributed by atoms with E-state index in [0.717, 1.165) is 63.5 Å². The van der Waals surface area contributed by atoms with E-state index in [1.807, 2.05) is 0 Å². The summed E-state index contributed by atoms with van der Waals surface area (Å²) in [5.41, 5.74) is 4.94. The van der Waals surface area contributed by atoms with Gasteiger partial charge in [0, 0.05) is 49.1 Å². The molecule has 6 heteroatoms. The van der Waals surface area contributed by atoms with Crippen molar-refractivity contribution in [3.8, 4) is 0 Å². The number of nitrogens with zero attached hydrogens (tertiary/aromatic N) is 3. The fourth-order valence-electron chi connectivity index (χ4n) is 5.34. The number of rotatable bonds is 6. The SMILES string of the molecule is CCc1cc(CCCN2CCN(c3nsc4ccccc34)CC2)cc2c1NC(=O)CC2(C)C.